The maximum Gasteiger partial charge on any atom is 0.255 e. The number of rotatable bonds is 4. The van der Waals surface area contributed by atoms with Crippen LogP contribution in [0.15, 0.2) is 55.2 Å². The molecule has 0 aliphatic rings. The van der Waals surface area contributed by atoms with E-state index in [0.29, 0.717) is 22.9 Å². The van der Waals surface area contributed by atoms with Crippen LogP contribution >= 0.6 is 0 Å². The summed E-state index contributed by atoms with van der Waals surface area (Å²) in [6, 6.07) is 7.50. The number of fused-ring (bicyclic) bond motifs is 1. The minimum absolute atomic E-state index is 0.188. The van der Waals surface area contributed by atoms with Gasteiger partial charge in [-0.15, -0.1) is 0 Å². The molecule has 0 aromatic carbocycles. The van der Waals surface area contributed by atoms with Crippen LogP contribution in [0.4, 0.5) is 17.3 Å². The number of hydrogen-bond acceptors (Lipinski definition) is 7. The Labute approximate surface area is 173 Å². The third-order valence-electron chi connectivity index (χ3n) is 4.75. The molecule has 150 valence electrons. The number of anilines is 3. The number of pyridine rings is 4. The second-order valence-electron chi connectivity index (χ2n) is 7.16. The third-order valence-corrected chi connectivity index (χ3v) is 4.75. The predicted molar refractivity (Wildman–Crippen MR) is 117 cm³/mol. The van der Waals surface area contributed by atoms with Gasteiger partial charge >= 0.3 is 0 Å². The number of aryl methyl sites for hydroxylation is 1. The van der Waals surface area contributed by atoms with E-state index in [-0.39, 0.29) is 5.91 Å². The van der Waals surface area contributed by atoms with Crippen molar-refractivity contribution in [2.45, 2.75) is 6.92 Å². The van der Waals surface area contributed by atoms with Crippen LogP contribution in [0.5, 0.6) is 0 Å². The van der Waals surface area contributed by atoms with Crippen molar-refractivity contribution in [2.24, 2.45) is 0 Å². The van der Waals surface area contributed by atoms with Gasteiger partial charge in [0.25, 0.3) is 5.91 Å². The highest BCUT2D eigenvalue weighted by Crippen LogP contribution is 2.26. The van der Waals surface area contributed by atoms with Gasteiger partial charge in [-0.05, 0) is 42.1 Å². The van der Waals surface area contributed by atoms with Crippen molar-refractivity contribution in [1.29, 1.82) is 0 Å². The highest BCUT2D eigenvalue weighted by Gasteiger charge is 2.14. The van der Waals surface area contributed by atoms with Gasteiger partial charge in [0.2, 0.25) is 0 Å². The summed E-state index contributed by atoms with van der Waals surface area (Å²) in [4.78, 5) is 31.2. The summed E-state index contributed by atoms with van der Waals surface area (Å²) < 4.78 is 0. The monoisotopic (exact) mass is 399 g/mol. The number of aromatic nitrogens is 4. The Kier molecular flexibility index (Phi) is 4.97. The maximum atomic E-state index is 12.3. The zero-order chi connectivity index (χ0) is 21.3. The van der Waals surface area contributed by atoms with Crippen LogP contribution in [0.25, 0.3) is 22.0 Å². The summed E-state index contributed by atoms with van der Waals surface area (Å²) >= 11 is 0. The van der Waals surface area contributed by atoms with Gasteiger partial charge in [0.15, 0.2) is 0 Å². The molecule has 4 heterocycles. The molecule has 0 spiro atoms. The summed E-state index contributed by atoms with van der Waals surface area (Å²) in [7, 11) is 3.35. The van der Waals surface area contributed by atoms with Crippen molar-refractivity contribution in [3.8, 4) is 11.3 Å². The first kappa shape index (κ1) is 19.3. The molecule has 0 radical (unpaired) electrons. The van der Waals surface area contributed by atoms with Crippen LogP contribution in [-0.2, 0) is 0 Å². The molecule has 3 N–H and O–H groups in total. The predicted octanol–water partition coefficient (Wildman–Crippen LogP) is 3.42. The van der Waals surface area contributed by atoms with Gasteiger partial charge in [-0.25, -0.2) is 9.97 Å². The van der Waals surface area contributed by atoms with Crippen molar-refractivity contribution >= 4 is 34.0 Å². The standard InChI is InChI=1S/C22H21N7O/c1-13-4-5-24-11-17(13)19-6-14-7-20(26-10-15(14)9-25-19)28-21-8-16(18(23)12-27-21)22(30)29(2)3/h4-12H,23H2,1-3H3,(H,26,27,28). The summed E-state index contributed by atoms with van der Waals surface area (Å²) in [5.41, 5.74) is 9.56. The molecule has 0 saturated heterocycles. The number of amides is 1. The van der Waals surface area contributed by atoms with E-state index in [1.165, 1.54) is 11.1 Å². The Balaban J connectivity index is 1.68. The number of hydrogen-bond donors (Lipinski definition) is 2. The van der Waals surface area contributed by atoms with Gasteiger partial charge in [0.1, 0.15) is 11.6 Å². The molecule has 4 aromatic heterocycles. The van der Waals surface area contributed by atoms with E-state index >= 15 is 0 Å². The molecule has 0 fully saturated rings. The average molecular weight is 399 g/mol. The number of nitrogens with one attached hydrogen (secondary N) is 1. The van der Waals surface area contributed by atoms with Crippen molar-refractivity contribution in [3.63, 3.8) is 0 Å². The van der Waals surface area contributed by atoms with Crippen molar-refractivity contribution in [1.82, 2.24) is 24.8 Å². The van der Waals surface area contributed by atoms with Gasteiger partial charge < -0.3 is 16.0 Å². The second-order valence-corrected chi connectivity index (χ2v) is 7.16. The average Bonchev–Trinajstić information content (AvgIpc) is 2.74. The second kappa shape index (κ2) is 7.75. The molecule has 30 heavy (non-hydrogen) atoms. The molecule has 8 heteroatoms. The molecule has 4 rings (SSSR count). The number of nitrogens with zero attached hydrogens (tertiary/aromatic N) is 5. The maximum absolute atomic E-state index is 12.3. The van der Waals surface area contributed by atoms with Gasteiger partial charge in [-0.3, -0.25) is 14.8 Å². The molecule has 0 bridgehead atoms. The lowest BCUT2D eigenvalue weighted by Crippen LogP contribution is -2.23. The fourth-order valence-corrected chi connectivity index (χ4v) is 3.08. The lowest BCUT2D eigenvalue weighted by Gasteiger charge is -2.13. The molecule has 0 saturated carbocycles. The molecule has 4 aromatic rings. The van der Waals surface area contributed by atoms with Crippen molar-refractivity contribution in [2.75, 3.05) is 25.1 Å². The quantitative estimate of drug-likeness (QED) is 0.541. The third kappa shape index (κ3) is 3.75. The van der Waals surface area contributed by atoms with Crippen LogP contribution in [0, 0.1) is 6.92 Å². The first-order valence-electron chi connectivity index (χ1n) is 9.33. The van der Waals surface area contributed by atoms with Gasteiger partial charge in [0.05, 0.1) is 23.1 Å². The minimum Gasteiger partial charge on any atom is -0.397 e. The number of carbonyl (C=O) groups is 1. The van der Waals surface area contributed by atoms with Crippen molar-refractivity contribution in [3.05, 3.63) is 66.4 Å². The van der Waals surface area contributed by atoms with E-state index in [4.69, 9.17) is 5.73 Å². The van der Waals surface area contributed by atoms with E-state index in [9.17, 15) is 4.79 Å². The summed E-state index contributed by atoms with van der Waals surface area (Å²) in [6.07, 6.45) is 8.58. The van der Waals surface area contributed by atoms with Crippen molar-refractivity contribution < 1.29 is 4.79 Å². The molecular weight excluding hydrogens is 378 g/mol. The molecular formula is C22H21N7O. The summed E-state index contributed by atoms with van der Waals surface area (Å²) in [6.45, 7) is 2.03. The Morgan fingerprint density at radius 3 is 2.47 bits per heavy atom. The number of nitrogens with two attached hydrogens (primary N) is 1. The fourth-order valence-electron chi connectivity index (χ4n) is 3.08. The largest absolute Gasteiger partial charge is 0.397 e. The molecule has 1 amide bonds. The highest BCUT2D eigenvalue weighted by atomic mass is 16.2. The van der Waals surface area contributed by atoms with Gasteiger partial charge in [0, 0.05) is 49.8 Å². The number of nitrogen functional groups attached to an aromatic ring is 1. The zero-order valence-corrected chi connectivity index (χ0v) is 16.9. The van der Waals surface area contributed by atoms with E-state index < -0.39 is 0 Å². The minimum atomic E-state index is -0.188. The Bertz CT molecular complexity index is 1250. The molecule has 0 aliphatic carbocycles. The Morgan fingerprint density at radius 1 is 0.967 bits per heavy atom. The number of carbonyl (C=O) groups excluding carboxylic acids is 1. The zero-order valence-electron chi connectivity index (χ0n) is 16.9. The SMILES string of the molecule is Cc1ccncc1-c1cc2cc(Nc3cc(C(=O)N(C)C)c(N)cn3)ncc2cn1. The highest BCUT2D eigenvalue weighted by molar-refractivity contribution is 5.99. The fraction of sp³-hybridized carbons (Fsp3) is 0.136. The van der Waals surface area contributed by atoms with E-state index in [0.717, 1.165) is 27.6 Å². The molecule has 0 unspecified atom stereocenters. The van der Waals surface area contributed by atoms with Gasteiger partial charge in [-0.1, -0.05) is 0 Å². The molecule has 0 atom stereocenters. The van der Waals surface area contributed by atoms with Gasteiger partial charge in [-0.2, -0.15) is 0 Å². The summed E-state index contributed by atoms with van der Waals surface area (Å²) in [5.74, 6) is 0.897. The molecule has 8 nitrogen and oxygen atoms in total. The first-order chi connectivity index (χ1) is 14.4. The van der Waals surface area contributed by atoms with E-state index in [2.05, 4.69) is 25.3 Å². The Hall–Kier alpha value is -4.07. The Morgan fingerprint density at radius 2 is 1.70 bits per heavy atom. The molecule has 0 aliphatic heterocycles. The van der Waals surface area contributed by atoms with Crippen LogP contribution < -0.4 is 11.1 Å². The smallest absolute Gasteiger partial charge is 0.255 e. The first-order valence-corrected chi connectivity index (χ1v) is 9.33. The topological polar surface area (TPSA) is 110 Å². The normalized spacial score (nSPS) is 10.8. The van der Waals surface area contributed by atoms with E-state index in [1.54, 1.807) is 38.8 Å². The van der Waals surface area contributed by atoms with Crippen LogP contribution in [0.3, 0.4) is 0 Å². The summed E-state index contributed by atoms with van der Waals surface area (Å²) in [5, 5.41) is 5.04. The van der Waals surface area contributed by atoms with Crippen LogP contribution in [-0.4, -0.2) is 44.8 Å². The van der Waals surface area contributed by atoms with E-state index in [1.807, 2.05) is 31.3 Å². The lowest BCUT2D eigenvalue weighted by atomic mass is 10.1. The van der Waals surface area contributed by atoms with Crippen LogP contribution in [0.2, 0.25) is 0 Å². The van der Waals surface area contributed by atoms with Crippen LogP contribution in [0.1, 0.15) is 15.9 Å². The lowest BCUT2D eigenvalue weighted by molar-refractivity contribution is 0.0828.